The van der Waals surface area contributed by atoms with Gasteiger partial charge in [0.15, 0.2) is 0 Å². The fraction of sp³-hybridized carbons (Fsp3) is 0.878. The average Bonchev–Trinajstić information content (AvgIpc) is 3.02. The van der Waals surface area contributed by atoms with Crippen molar-refractivity contribution in [2.75, 3.05) is 56.7 Å². The number of unbranched alkanes of at least 4 members (excludes halogenated alkanes) is 20. The number of hydrogen-bond acceptors (Lipinski definition) is 4. The second kappa shape index (κ2) is 31.9. The molecule has 0 aromatic carbocycles. The van der Waals surface area contributed by atoms with E-state index in [9.17, 15) is 4.79 Å². The smallest absolute Gasteiger partial charge is 0.236 e. The number of nitrogens with zero attached hydrogens (tertiary/aromatic N) is 2. The predicted octanol–water partition coefficient (Wildman–Crippen LogP) is 12.4. The van der Waals surface area contributed by atoms with Crippen LogP contribution < -0.4 is 0 Å². The summed E-state index contributed by atoms with van der Waals surface area (Å²) >= 11 is 4.32. The maximum Gasteiger partial charge on any atom is 0.236 e. The highest BCUT2D eigenvalue weighted by atomic mass is 32.2. The minimum absolute atomic E-state index is 0.306. The van der Waals surface area contributed by atoms with Crippen molar-refractivity contribution >= 4 is 29.4 Å². The van der Waals surface area contributed by atoms with Gasteiger partial charge >= 0.3 is 0 Å². The molecule has 1 aliphatic heterocycles. The van der Waals surface area contributed by atoms with Crippen LogP contribution in [0.4, 0.5) is 0 Å². The number of likely N-dealkylation sites (tertiary alicyclic amines) is 1. The third kappa shape index (κ3) is 25.6. The van der Waals surface area contributed by atoms with E-state index in [1.807, 2.05) is 19.0 Å². The van der Waals surface area contributed by atoms with Crippen LogP contribution >= 0.6 is 23.5 Å². The summed E-state index contributed by atoms with van der Waals surface area (Å²) in [6.07, 6.45) is 42.3. The Balaban J connectivity index is 2.11. The fourth-order valence-corrected chi connectivity index (χ4v) is 8.98. The molecule has 1 heterocycles. The second-order valence-electron chi connectivity index (χ2n) is 14.6. The van der Waals surface area contributed by atoms with Gasteiger partial charge < -0.3 is 9.80 Å². The van der Waals surface area contributed by atoms with Crippen molar-refractivity contribution in [3.63, 3.8) is 0 Å². The van der Waals surface area contributed by atoms with E-state index < -0.39 is 0 Å². The van der Waals surface area contributed by atoms with E-state index in [0.29, 0.717) is 17.9 Å². The molecule has 0 atom stereocenters. The topological polar surface area (TPSA) is 23.6 Å². The zero-order chi connectivity index (χ0) is 33.4. The van der Waals surface area contributed by atoms with E-state index in [1.165, 1.54) is 177 Å². The van der Waals surface area contributed by atoms with E-state index in [1.54, 1.807) is 0 Å². The SMILES string of the molecule is CCCCCC/C=C\CCCCCCCCSCC1(CSCCCCCCCC/C=C\CCCCCC)CN(C(=O)CN(C)C)C1. The third-order valence-electron chi connectivity index (χ3n) is 9.27. The second-order valence-corrected chi connectivity index (χ2v) is 16.8. The van der Waals surface area contributed by atoms with Gasteiger partial charge in [0.2, 0.25) is 5.91 Å². The Labute approximate surface area is 297 Å². The molecule has 270 valence electrons. The van der Waals surface area contributed by atoms with Gasteiger partial charge in [-0.3, -0.25) is 4.79 Å². The van der Waals surface area contributed by atoms with Crippen LogP contribution in [0.1, 0.15) is 168 Å². The van der Waals surface area contributed by atoms with Crippen molar-refractivity contribution in [1.82, 2.24) is 9.80 Å². The van der Waals surface area contributed by atoms with Gasteiger partial charge in [0.25, 0.3) is 0 Å². The fourth-order valence-electron chi connectivity index (χ4n) is 6.31. The van der Waals surface area contributed by atoms with E-state index in [4.69, 9.17) is 0 Å². The van der Waals surface area contributed by atoms with Crippen molar-refractivity contribution in [3.8, 4) is 0 Å². The van der Waals surface area contributed by atoms with Crippen LogP contribution in [0.3, 0.4) is 0 Å². The Morgan fingerprint density at radius 2 is 0.913 bits per heavy atom. The number of hydrogen-bond donors (Lipinski definition) is 0. The summed E-state index contributed by atoms with van der Waals surface area (Å²) in [5.74, 6) is 5.33. The van der Waals surface area contributed by atoms with Crippen LogP contribution in [0.25, 0.3) is 0 Å². The van der Waals surface area contributed by atoms with Crippen LogP contribution in [-0.4, -0.2) is 72.4 Å². The van der Waals surface area contributed by atoms with Crippen molar-refractivity contribution in [2.24, 2.45) is 5.41 Å². The molecule has 1 amide bonds. The molecule has 0 bridgehead atoms. The average molecular weight is 679 g/mol. The van der Waals surface area contributed by atoms with Gasteiger partial charge in [0.05, 0.1) is 6.54 Å². The highest BCUT2D eigenvalue weighted by Gasteiger charge is 2.44. The highest BCUT2D eigenvalue weighted by Crippen LogP contribution is 2.38. The van der Waals surface area contributed by atoms with Gasteiger partial charge in [0, 0.05) is 30.0 Å². The molecular weight excluding hydrogens is 601 g/mol. The standard InChI is InChI=1S/C41H78N2OS2/c1-5-7-9-11-13-15-17-19-21-23-25-27-29-31-33-45-38-41(36-43(37-41)40(44)35-42(3)4)39-46-34-32-30-28-26-24-22-20-18-16-14-12-10-8-6-2/h15-18H,5-14,19-39H2,1-4H3/b17-15-,18-16-. The summed E-state index contributed by atoms with van der Waals surface area (Å²) in [6, 6.07) is 0. The van der Waals surface area contributed by atoms with Crippen LogP contribution in [0, 0.1) is 5.41 Å². The lowest BCUT2D eigenvalue weighted by Crippen LogP contribution is -2.62. The number of allylic oxidation sites excluding steroid dienone is 4. The summed E-state index contributed by atoms with van der Waals surface area (Å²) in [5.41, 5.74) is 0.338. The van der Waals surface area contributed by atoms with Gasteiger partial charge in [-0.2, -0.15) is 23.5 Å². The lowest BCUT2D eigenvalue weighted by molar-refractivity contribution is -0.141. The molecule has 0 aromatic heterocycles. The molecule has 1 fully saturated rings. The molecule has 0 unspecified atom stereocenters. The number of carbonyl (C=O) groups is 1. The minimum Gasteiger partial charge on any atom is -0.340 e. The van der Waals surface area contributed by atoms with E-state index >= 15 is 0 Å². The van der Waals surface area contributed by atoms with Gasteiger partial charge in [0.1, 0.15) is 0 Å². The molecule has 1 rings (SSSR count). The summed E-state index contributed by atoms with van der Waals surface area (Å²) in [7, 11) is 4.00. The molecule has 0 N–H and O–H groups in total. The molecule has 1 saturated heterocycles. The molecule has 0 saturated carbocycles. The Morgan fingerprint density at radius 3 is 1.28 bits per heavy atom. The van der Waals surface area contributed by atoms with Gasteiger partial charge in [-0.1, -0.05) is 128 Å². The Hall–Kier alpha value is -0.390. The molecule has 1 aliphatic rings. The number of thioether (sulfide) groups is 2. The first-order valence-electron chi connectivity index (χ1n) is 19.9. The van der Waals surface area contributed by atoms with Crippen LogP contribution in [0.2, 0.25) is 0 Å². The molecule has 0 spiro atoms. The molecule has 46 heavy (non-hydrogen) atoms. The lowest BCUT2D eigenvalue weighted by atomic mass is 9.83. The molecule has 3 nitrogen and oxygen atoms in total. The maximum absolute atomic E-state index is 12.6. The number of amides is 1. The summed E-state index contributed by atoms with van der Waals surface area (Å²) in [6.45, 7) is 7.05. The third-order valence-corrected chi connectivity index (χ3v) is 12.1. The first kappa shape index (κ1) is 43.6. The van der Waals surface area contributed by atoms with E-state index in [0.717, 1.165) is 13.1 Å². The summed E-state index contributed by atoms with van der Waals surface area (Å²) in [4.78, 5) is 16.8. The van der Waals surface area contributed by atoms with Crippen molar-refractivity contribution in [3.05, 3.63) is 24.3 Å². The Bertz CT molecular complexity index is 688. The summed E-state index contributed by atoms with van der Waals surface area (Å²) < 4.78 is 0. The van der Waals surface area contributed by atoms with Gasteiger partial charge in [-0.15, -0.1) is 0 Å². The number of likely N-dealkylation sites (N-methyl/N-ethyl adjacent to an activating group) is 1. The molecule has 0 aromatic rings. The Morgan fingerprint density at radius 1 is 0.565 bits per heavy atom. The van der Waals surface area contributed by atoms with Crippen LogP contribution in [0.5, 0.6) is 0 Å². The van der Waals surface area contributed by atoms with Gasteiger partial charge in [-0.05, 0) is 89.8 Å². The minimum atomic E-state index is 0.306. The van der Waals surface area contributed by atoms with Gasteiger partial charge in [-0.25, -0.2) is 0 Å². The van der Waals surface area contributed by atoms with Crippen LogP contribution in [0.15, 0.2) is 24.3 Å². The zero-order valence-corrected chi connectivity index (χ0v) is 33.0. The number of carbonyl (C=O) groups excluding carboxylic acids is 1. The number of rotatable bonds is 34. The molecular formula is C41H78N2OS2. The van der Waals surface area contributed by atoms with E-state index in [2.05, 4.69) is 66.6 Å². The van der Waals surface area contributed by atoms with Crippen LogP contribution in [-0.2, 0) is 4.79 Å². The first-order valence-corrected chi connectivity index (χ1v) is 22.2. The largest absolute Gasteiger partial charge is 0.340 e. The molecule has 5 heteroatoms. The lowest BCUT2D eigenvalue weighted by Gasteiger charge is -2.50. The van der Waals surface area contributed by atoms with Crippen molar-refractivity contribution in [2.45, 2.75) is 168 Å². The summed E-state index contributed by atoms with van der Waals surface area (Å²) in [5, 5.41) is 0. The first-order chi connectivity index (χ1) is 22.5. The maximum atomic E-state index is 12.6. The normalized spacial score (nSPS) is 14.7. The van der Waals surface area contributed by atoms with Crippen molar-refractivity contribution in [1.29, 1.82) is 0 Å². The zero-order valence-electron chi connectivity index (χ0n) is 31.3. The quantitative estimate of drug-likeness (QED) is 0.0499. The predicted molar refractivity (Wildman–Crippen MR) is 213 cm³/mol. The highest BCUT2D eigenvalue weighted by molar-refractivity contribution is 8.00. The Kier molecular flexibility index (Phi) is 30.2. The van der Waals surface area contributed by atoms with Crippen molar-refractivity contribution < 1.29 is 4.79 Å². The van der Waals surface area contributed by atoms with E-state index in [-0.39, 0.29) is 0 Å². The molecule has 0 aliphatic carbocycles. The molecule has 0 radical (unpaired) electrons. The monoisotopic (exact) mass is 679 g/mol.